The molecule has 1 saturated heterocycles. The summed E-state index contributed by atoms with van der Waals surface area (Å²) in [6, 6.07) is 18.8. The largest absolute Gasteiger partial charge is 0.368 e. The number of nitrogens with zero attached hydrogens (tertiary/aromatic N) is 5. The van der Waals surface area contributed by atoms with Crippen LogP contribution in [0.2, 0.25) is 0 Å². The molecule has 0 atom stereocenters. The number of anilines is 3. The van der Waals surface area contributed by atoms with E-state index in [1.54, 1.807) is 12.4 Å². The van der Waals surface area contributed by atoms with Gasteiger partial charge in [0.1, 0.15) is 5.69 Å². The number of rotatable bonds is 3. The molecule has 0 radical (unpaired) electrons. The summed E-state index contributed by atoms with van der Waals surface area (Å²) in [6.07, 6.45) is 5.53. The molecule has 6 heteroatoms. The molecule has 0 spiro atoms. The van der Waals surface area contributed by atoms with E-state index in [-0.39, 0.29) is 5.91 Å². The maximum Gasteiger partial charge on any atom is 0.274 e. The Morgan fingerprint density at radius 3 is 2.33 bits per heavy atom. The normalized spacial score (nSPS) is 16.3. The Labute approximate surface area is 176 Å². The second-order valence-electron chi connectivity index (χ2n) is 7.76. The van der Waals surface area contributed by atoms with Gasteiger partial charge < -0.3 is 14.7 Å². The average molecular weight is 399 g/mol. The van der Waals surface area contributed by atoms with Crippen LogP contribution in [-0.2, 0) is 6.42 Å². The predicted molar refractivity (Wildman–Crippen MR) is 118 cm³/mol. The van der Waals surface area contributed by atoms with Crippen LogP contribution in [0.4, 0.5) is 17.2 Å². The van der Waals surface area contributed by atoms with Crippen molar-refractivity contribution in [2.75, 3.05) is 42.5 Å². The number of hydrogen-bond acceptors (Lipinski definition) is 5. The van der Waals surface area contributed by atoms with Crippen LogP contribution in [0.1, 0.15) is 22.5 Å². The maximum atomic E-state index is 12.9. The first-order valence-electron chi connectivity index (χ1n) is 10.6. The van der Waals surface area contributed by atoms with E-state index in [1.807, 2.05) is 23.1 Å². The van der Waals surface area contributed by atoms with E-state index in [9.17, 15) is 4.79 Å². The molecule has 1 amide bonds. The Morgan fingerprint density at radius 1 is 0.800 bits per heavy atom. The molecule has 3 aromatic rings. The second kappa shape index (κ2) is 8.14. The van der Waals surface area contributed by atoms with Gasteiger partial charge in [0.25, 0.3) is 5.91 Å². The Bertz CT molecular complexity index is 1010. The first-order chi connectivity index (χ1) is 14.8. The Balaban J connectivity index is 1.26. The van der Waals surface area contributed by atoms with Crippen molar-refractivity contribution in [3.63, 3.8) is 0 Å². The lowest BCUT2D eigenvalue weighted by Gasteiger charge is -2.36. The molecule has 152 valence electrons. The average Bonchev–Trinajstić information content (AvgIpc) is 2.84. The van der Waals surface area contributed by atoms with Crippen LogP contribution in [0.3, 0.4) is 0 Å². The summed E-state index contributed by atoms with van der Waals surface area (Å²) in [6.45, 7) is 3.95. The van der Waals surface area contributed by atoms with Crippen LogP contribution >= 0.6 is 0 Å². The van der Waals surface area contributed by atoms with Gasteiger partial charge in [0.05, 0.1) is 12.4 Å². The lowest BCUT2D eigenvalue weighted by molar-refractivity contribution is 0.0740. The number of piperazine rings is 1. The minimum atomic E-state index is -0.0409. The topological polar surface area (TPSA) is 52.6 Å². The van der Waals surface area contributed by atoms with Gasteiger partial charge in [-0.1, -0.05) is 36.4 Å². The molecule has 0 saturated carbocycles. The van der Waals surface area contributed by atoms with E-state index in [0.717, 1.165) is 38.3 Å². The van der Waals surface area contributed by atoms with Crippen molar-refractivity contribution < 1.29 is 4.79 Å². The molecule has 3 heterocycles. The third-order valence-electron chi connectivity index (χ3n) is 5.93. The van der Waals surface area contributed by atoms with Gasteiger partial charge in [-0.15, -0.1) is 0 Å². The standard InChI is InChI=1S/C24H25N5O/c30-24(28-15-13-27(14-16-28)20-9-2-1-3-10-20)21-17-26-23(18-25-21)29-12-6-8-19-7-4-5-11-22(19)29/h1-5,7,9-11,17-18H,6,8,12-16H2. The number of carbonyl (C=O) groups is 1. The van der Waals surface area contributed by atoms with Gasteiger partial charge in [-0.25, -0.2) is 9.97 Å². The molecule has 1 fully saturated rings. The van der Waals surface area contributed by atoms with E-state index in [0.29, 0.717) is 18.8 Å². The van der Waals surface area contributed by atoms with Gasteiger partial charge >= 0.3 is 0 Å². The molecule has 1 aromatic heterocycles. The Morgan fingerprint density at radius 2 is 1.57 bits per heavy atom. The van der Waals surface area contributed by atoms with E-state index in [2.05, 4.69) is 56.2 Å². The summed E-state index contributed by atoms with van der Waals surface area (Å²) in [5, 5.41) is 0. The van der Waals surface area contributed by atoms with Crippen LogP contribution in [0.5, 0.6) is 0 Å². The number of fused-ring (bicyclic) bond motifs is 1. The zero-order valence-corrected chi connectivity index (χ0v) is 16.9. The highest BCUT2D eigenvalue weighted by Gasteiger charge is 2.24. The number of amides is 1. The lowest BCUT2D eigenvalue weighted by atomic mass is 10.0. The molecule has 30 heavy (non-hydrogen) atoms. The monoisotopic (exact) mass is 399 g/mol. The number of aromatic nitrogens is 2. The van der Waals surface area contributed by atoms with Crippen LogP contribution in [0.15, 0.2) is 67.0 Å². The number of para-hydroxylation sites is 2. The summed E-state index contributed by atoms with van der Waals surface area (Å²) in [5.74, 6) is 0.758. The first kappa shape index (κ1) is 18.6. The number of benzene rings is 2. The van der Waals surface area contributed by atoms with E-state index in [1.165, 1.54) is 16.9 Å². The molecular formula is C24H25N5O. The maximum absolute atomic E-state index is 12.9. The van der Waals surface area contributed by atoms with Crippen LogP contribution in [0.25, 0.3) is 0 Å². The molecule has 6 nitrogen and oxygen atoms in total. The fourth-order valence-electron chi connectivity index (χ4n) is 4.31. The van der Waals surface area contributed by atoms with Crippen molar-refractivity contribution in [1.82, 2.24) is 14.9 Å². The number of aryl methyl sites for hydroxylation is 1. The second-order valence-corrected chi connectivity index (χ2v) is 7.76. The van der Waals surface area contributed by atoms with Crippen molar-refractivity contribution in [2.45, 2.75) is 12.8 Å². The molecule has 5 rings (SSSR count). The molecule has 0 N–H and O–H groups in total. The van der Waals surface area contributed by atoms with Gasteiger partial charge in [0.2, 0.25) is 0 Å². The Kier molecular flexibility index (Phi) is 5.05. The van der Waals surface area contributed by atoms with Gasteiger partial charge in [-0.05, 0) is 36.6 Å². The van der Waals surface area contributed by atoms with Gasteiger partial charge in [0, 0.05) is 44.1 Å². The third kappa shape index (κ3) is 3.61. The fraction of sp³-hybridized carbons (Fsp3) is 0.292. The van der Waals surface area contributed by atoms with Crippen molar-refractivity contribution in [2.24, 2.45) is 0 Å². The molecule has 2 aliphatic heterocycles. The highest BCUT2D eigenvalue weighted by atomic mass is 16.2. The molecule has 0 bridgehead atoms. The summed E-state index contributed by atoms with van der Waals surface area (Å²) < 4.78 is 0. The third-order valence-corrected chi connectivity index (χ3v) is 5.93. The first-order valence-corrected chi connectivity index (χ1v) is 10.6. The highest BCUT2D eigenvalue weighted by molar-refractivity contribution is 5.92. The summed E-state index contributed by atoms with van der Waals surface area (Å²) >= 11 is 0. The smallest absolute Gasteiger partial charge is 0.274 e. The summed E-state index contributed by atoms with van der Waals surface area (Å²) in [5.41, 5.74) is 4.14. The SMILES string of the molecule is O=C(c1cnc(N2CCCc3ccccc32)cn1)N1CCN(c2ccccc2)CC1. The van der Waals surface area contributed by atoms with Gasteiger partial charge in [0.15, 0.2) is 5.82 Å². The zero-order chi connectivity index (χ0) is 20.3. The molecule has 0 unspecified atom stereocenters. The number of hydrogen-bond donors (Lipinski definition) is 0. The molecule has 2 aromatic carbocycles. The van der Waals surface area contributed by atoms with Crippen LogP contribution in [0, 0.1) is 0 Å². The minimum absolute atomic E-state index is 0.0409. The van der Waals surface area contributed by atoms with Crippen LogP contribution in [-0.4, -0.2) is 53.5 Å². The number of carbonyl (C=O) groups excluding carboxylic acids is 1. The molecular weight excluding hydrogens is 374 g/mol. The summed E-state index contributed by atoms with van der Waals surface area (Å²) in [4.78, 5) is 28.4. The zero-order valence-electron chi connectivity index (χ0n) is 16.9. The lowest BCUT2D eigenvalue weighted by Crippen LogP contribution is -2.49. The fourth-order valence-corrected chi connectivity index (χ4v) is 4.31. The van der Waals surface area contributed by atoms with Crippen molar-refractivity contribution >= 4 is 23.1 Å². The van der Waals surface area contributed by atoms with Crippen molar-refractivity contribution in [3.05, 3.63) is 78.2 Å². The van der Waals surface area contributed by atoms with E-state index < -0.39 is 0 Å². The Hall–Kier alpha value is -3.41. The van der Waals surface area contributed by atoms with Crippen LogP contribution < -0.4 is 9.80 Å². The van der Waals surface area contributed by atoms with E-state index in [4.69, 9.17) is 0 Å². The van der Waals surface area contributed by atoms with Gasteiger partial charge in [-0.3, -0.25) is 4.79 Å². The van der Waals surface area contributed by atoms with Crippen molar-refractivity contribution in [3.8, 4) is 0 Å². The van der Waals surface area contributed by atoms with Gasteiger partial charge in [-0.2, -0.15) is 0 Å². The van der Waals surface area contributed by atoms with E-state index >= 15 is 0 Å². The molecule has 2 aliphatic rings. The molecule has 0 aliphatic carbocycles. The summed E-state index contributed by atoms with van der Waals surface area (Å²) in [7, 11) is 0. The van der Waals surface area contributed by atoms with Crippen molar-refractivity contribution in [1.29, 1.82) is 0 Å². The predicted octanol–water partition coefficient (Wildman–Crippen LogP) is 3.52. The quantitative estimate of drug-likeness (QED) is 0.675. The highest BCUT2D eigenvalue weighted by Crippen LogP contribution is 2.31. The minimum Gasteiger partial charge on any atom is -0.368 e.